The Balaban J connectivity index is 1.53. The number of nitrogens with one attached hydrogen (secondary N) is 2. The average Bonchev–Trinajstić information content (AvgIpc) is 3.20. The molecule has 0 aliphatic heterocycles. The molecule has 1 saturated carbocycles. The lowest BCUT2D eigenvalue weighted by atomic mass is 9.96. The number of carbonyl (C=O) groups excluding carboxylic acids is 1. The molecular formula is C16H17F3N4O. The lowest BCUT2D eigenvalue weighted by Gasteiger charge is -2.16. The van der Waals surface area contributed by atoms with Gasteiger partial charge in [-0.2, -0.15) is 5.10 Å². The van der Waals surface area contributed by atoms with Gasteiger partial charge in [-0.05, 0) is 30.5 Å². The Kier molecular flexibility index (Phi) is 4.46. The molecule has 0 spiro atoms. The zero-order chi connectivity index (χ0) is 17.2. The van der Waals surface area contributed by atoms with Crippen LogP contribution in [-0.4, -0.2) is 28.8 Å². The SMILES string of the molecule is O=C(NCC1(c2cccc(F)c2)CC1)Nc1cnn(CC(F)F)c1. The monoisotopic (exact) mass is 338 g/mol. The molecule has 1 aliphatic carbocycles. The molecule has 0 atom stereocenters. The summed E-state index contributed by atoms with van der Waals surface area (Å²) in [7, 11) is 0. The Bertz CT molecular complexity index is 728. The maximum atomic E-state index is 13.3. The molecule has 2 N–H and O–H groups in total. The van der Waals surface area contributed by atoms with Gasteiger partial charge in [-0.15, -0.1) is 0 Å². The van der Waals surface area contributed by atoms with Crippen molar-refractivity contribution < 1.29 is 18.0 Å². The number of amides is 2. The summed E-state index contributed by atoms with van der Waals surface area (Å²) in [6, 6.07) is 5.93. The van der Waals surface area contributed by atoms with Crippen LogP contribution >= 0.6 is 0 Å². The van der Waals surface area contributed by atoms with Gasteiger partial charge in [0.25, 0.3) is 6.43 Å². The lowest BCUT2D eigenvalue weighted by Crippen LogP contribution is -2.35. The summed E-state index contributed by atoms with van der Waals surface area (Å²) in [4.78, 5) is 11.9. The number of benzene rings is 1. The second-order valence-electron chi connectivity index (χ2n) is 5.94. The van der Waals surface area contributed by atoms with E-state index >= 15 is 0 Å². The van der Waals surface area contributed by atoms with Gasteiger partial charge in [0.05, 0.1) is 11.9 Å². The second kappa shape index (κ2) is 6.54. The Morgan fingerprint density at radius 3 is 2.83 bits per heavy atom. The van der Waals surface area contributed by atoms with Crippen molar-refractivity contribution in [3.05, 3.63) is 48.0 Å². The molecule has 1 aromatic carbocycles. The Labute approximate surface area is 136 Å². The summed E-state index contributed by atoms with van der Waals surface area (Å²) in [5.41, 5.74) is 0.982. The Morgan fingerprint density at radius 1 is 1.38 bits per heavy atom. The van der Waals surface area contributed by atoms with Crippen molar-refractivity contribution in [2.75, 3.05) is 11.9 Å². The van der Waals surface area contributed by atoms with Gasteiger partial charge in [-0.25, -0.2) is 18.0 Å². The molecule has 0 bridgehead atoms. The molecule has 0 unspecified atom stereocenters. The molecule has 1 fully saturated rings. The standard InChI is InChI=1S/C16H17F3N4O/c17-12-3-1-2-11(6-12)16(4-5-16)10-20-15(24)22-13-7-21-23(8-13)9-14(18)19/h1-3,6-8,14H,4-5,9-10H2,(H2,20,22,24). The zero-order valence-corrected chi connectivity index (χ0v) is 12.8. The fourth-order valence-corrected chi connectivity index (χ4v) is 2.63. The van der Waals surface area contributed by atoms with Crippen molar-refractivity contribution in [1.29, 1.82) is 0 Å². The van der Waals surface area contributed by atoms with E-state index in [0.717, 1.165) is 23.1 Å². The van der Waals surface area contributed by atoms with Crippen LogP contribution in [0.1, 0.15) is 18.4 Å². The zero-order valence-electron chi connectivity index (χ0n) is 12.8. The third-order valence-electron chi connectivity index (χ3n) is 4.09. The number of carbonyl (C=O) groups is 1. The first-order valence-corrected chi connectivity index (χ1v) is 7.58. The topological polar surface area (TPSA) is 59.0 Å². The smallest absolute Gasteiger partial charge is 0.319 e. The van der Waals surface area contributed by atoms with E-state index in [9.17, 15) is 18.0 Å². The van der Waals surface area contributed by atoms with Gasteiger partial charge in [0, 0.05) is 18.2 Å². The van der Waals surface area contributed by atoms with Crippen LogP contribution in [0.4, 0.5) is 23.7 Å². The van der Waals surface area contributed by atoms with E-state index < -0.39 is 19.0 Å². The molecule has 1 aliphatic rings. The third-order valence-corrected chi connectivity index (χ3v) is 4.09. The molecule has 0 saturated heterocycles. The Hall–Kier alpha value is -2.51. The highest BCUT2D eigenvalue weighted by molar-refractivity contribution is 5.89. The largest absolute Gasteiger partial charge is 0.337 e. The predicted octanol–water partition coefficient (Wildman–Crippen LogP) is 3.14. The van der Waals surface area contributed by atoms with Gasteiger partial charge in [0.1, 0.15) is 12.4 Å². The molecule has 2 aromatic rings. The summed E-state index contributed by atoms with van der Waals surface area (Å²) in [6.07, 6.45) is 1.89. The van der Waals surface area contributed by atoms with Gasteiger partial charge in [-0.1, -0.05) is 12.1 Å². The minimum Gasteiger partial charge on any atom is -0.337 e. The van der Waals surface area contributed by atoms with Crippen LogP contribution in [0.2, 0.25) is 0 Å². The first-order chi connectivity index (χ1) is 11.5. The van der Waals surface area contributed by atoms with Gasteiger partial charge in [0.15, 0.2) is 0 Å². The summed E-state index contributed by atoms with van der Waals surface area (Å²) in [6.45, 7) is -0.139. The molecule has 1 heterocycles. The maximum absolute atomic E-state index is 13.3. The van der Waals surface area contributed by atoms with Gasteiger partial charge in [0.2, 0.25) is 0 Å². The summed E-state index contributed by atoms with van der Waals surface area (Å²) in [5.74, 6) is -0.297. The fourth-order valence-electron chi connectivity index (χ4n) is 2.63. The van der Waals surface area contributed by atoms with Crippen molar-refractivity contribution in [2.45, 2.75) is 31.2 Å². The number of halogens is 3. The Morgan fingerprint density at radius 2 is 2.17 bits per heavy atom. The number of hydrogen-bond acceptors (Lipinski definition) is 2. The number of hydrogen-bond donors (Lipinski definition) is 2. The molecule has 1 aromatic heterocycles. The highest BCUT2D eigenvalue weighted by atomic mass is 19.3. The highest BCUT2D eigenvalue weighted by Crippen LogP contribution is 2.47. The van der Waals surface area contributed by atoms with E-state index in [4.69, 9.17) is 0 Å². The van der Waals surface area contributed by atoms with Crippen molar-refractivity contribution in [2.24, 2.45) is 0 Å². The van der Waals surface area contributed by atoms with Crippen molar-refractivity contribution in [1.82, 2.24) is 15.1 Å². The average molecular weight is 338 g/mol. The van der Waals surface area contributed by atoms with E-state index in [2.05, 4.69) is 15.7 Å². The molecule has 128 valence electrons. The number of anilines is 1. The van der Waals surface area contributed by atoms with E-state index in [1.54, 1.807) is 6.07 Å². The quantitative estimate of drug-likeness (QED) is 0.850. The van der Waals surface area contributed by atoms with E-state index in [1.165, 1.54) is 24.5 Å². The van der Waals surface area contributed by atoms with Crippen LogP contribution in [0.15, 0.2) is 36.7 Å². The molecule has 3 rings (SSSR count). The first kappa shape index (κ1) is 16.4. The van der Waals surface area contributed by atoms with E-state index in [1.807, 2.05) is 6.07 Å². The van der Waals surface area contributed by atoms with Crippen LogP contribution < -0.4 is 10.6 Å². The van der Waals surface area contributed by atoms with Crippen LogP contribution in [-0.2, 0) is 12.0 Å². The van der Waals surface area contributed by atoms with Crippen LogP contribution in [0.3, 0.4) is 0 Å². The summed E-state index contributed by atoms with van der Waals surface area (Å²) >= 11 is 0. The van der Waals surface area contributed by atoms with Crippen LogP contribution in [0.5, 0.6) is 0 Å². The number of rotatable bonds is 6. The molecule has 2 amide bonds. The number of aromatic nitrogens is 2. The predicted molar refractivity (Wildman–Crippen MR) is 82.6 cm³/mol. The van der Waals surface area contributed by atoms with Crippen molar-refractivity contribution >= 4 is 11.7 Å². The minimum absolute atomic E-state index is 0.223. The maximum Gasteiger partial charge on any atom is 0.319 e. The first-order valence-electron chi connectivity index (χ1n) is 7.58. The third kappa shape index (κ3) is 3.87. The van der Waals surface area contributed by atoms with Crippen molar-refractivity contribution in [3.8, 4) is 0 Å². The molecule has 5 nitrogen and oxygen atoms in total. The van der Waals surface area contributed by atoms with Crippen LogP contribution in [0, 0.1) is 5.82 Å². The molecule has 8 heteroatoms. The lowest BCUT2D eigenvalue weighted by molar-refractivity contribution is 0.122. The molecule has 24 heavy (non-hydrogen) atoms. The van der Waals surface area contributed by atoms with Gasteiger partial charge < -0.3 is 10.6 Å². The summed E-state index contributed by atoms with van der Waals surface area (Å²) < 4.78 is 38.9. The highest BCUT2D eigenvalue weighted by Gasteiger charge is 2.44. The number of alkyl halides is 2. The van der Waals surface area contributed by atoms with Gasteiger partial charge in [-0.3, -0.25) is 4.68 Å². The van der Waals surface area contributed by atoms with E-state index in [-0.39, 0.29) is 11.2 Å². The van der Waals surface area contributed by atoms with Gasteiger partial charge >= 0.3 is 6.03 Å². The normalized spacial score (nSPS) is 15.3. The minimum atomic E-state index is -2.51. The molecule has 0 radical (unpaired) electrons. The van der Waals surface area contributed by atoms with Crippen molar-refractivity contribution in [3.63, 3.8) is 0 Å². The fraction of sp³-hybridized carbons (Fsp3) is 0.375. The number of nitrogens with zero attached hydrogens (tertiary/aromatic N) is 2. The van der Waals surface area contributed by atoms with E-state index in [0.29, 0.717) is 12.2 Å². The number of urea groups is 1. The summed E-state index contributed by atoms with van der Waals surface area (Å²) in [5, 5.41) is 9.03. The van der Waals surface area contributed by atoms with Crippen LogP contribution in [0.25, 0.3) is 0 Å². The second-order valence-corrected chi connectivity index (χ2v) is 5.94. The molecular weight excluding hydrogens is 321 g/mol.